The highest BCUT2D eigenvalue weighted by atomic mass is 35.5. The van der Waals surface area contributed by atoms with Gasteiger partial charge in [0.15, 0.2) is 6.61 Å². The van der Waals surface area contributed by atoms with Gasteiger partial charge < -0.3 is 24.8 Å². The van der Waals surface area contributed by atoms with E-state index in [1.807, 2.05) is 19.2 Å². The normalized spacial score (nSPS) is 10.3. The lowest BCUT2D eigenvalue weighted by Crippen LogP contribution is -2.21. The molecule has 0 saturated heterocycles. The van der Waals surface area contributed by atoms with Crippen LogP contribution in [-0.2, 0) is 4.79 Å². The Kier molecular flexibility index (Phi) is 8.35. The van der Waals surface area contributed by atoms with Gasteiger partial charge in [-0.25, -0.2) is 0 Å². The van der Waals surface area contributed by atoms with Crippen molar-refractivity contribution in [3.8, 4) is 17.2 Å². The second-order valence-corrected chi connectivity index (χ2v) is 7.82. The molecule has 7 nitrogen and oxygen atoms in total. The summed E-state index contributed by atoms with van der Waals surface area (Å²) in [6.07, 6.45) is 0. The molecule has 0 aliphatic rings. The van der Waals surface area contributed by atoms with E-state index in [0.29, 0.717) is 51.7 Å². The van der Waals surface area contributed by atoms with Gasteiger partial charge in [-0.15, -0.1) is 11.3 Å². The van der Waals surface area contributed by atoms with Gasteiger partial charge in [-0.2, -0.15) is 0 Å². The van der Waals surface area contributed by atoms with Crippen molar-refractivity contribution in [1.29, 1.82) is 0 Å². The highest BCUT2D eigenvalue weighted by molar-refractivity contribution is 7.12. The van der Waals surface area contributed by atoms with Gasteiger partial charge in [0.05, 0.1) is 29.5 Å². The lowest BCUT2D eigenvalue weighted by atomic mass is 10.2. The van der Waals surface area contributed by atoms with Gasteiger partial charge in [0.1, 0.15) is 17.2 Å². The maximum atomic E-state index is 12.5. The molecule has 3 aromatic rings. The molecule has 0 fully saturated rings. The quantitative estimate of drug-likeness (QED) is 0.407. The van der Waals surface area contributed by atoms with Crippen LogP contribution in [-0.4, -0.2) is 31.6 Å². The smallest absolute Gasteiger partial charge is 0.265 e. The highest BCUT2D eigenvalue weighted by Gasteiger charge is 2.17. The van der Waals surface area contributed by atoms with E-state index in [1.54, 1.807) is 48.5 Å². The number of rotatable bonds is 10. The van der Waals surface area contributed by atoms with E-state index in [9.17, 15) is 9.59 Å². The van der Waals surface area contributed by atoms with Crippen LogP contribution < -0.4 is 24.8 Å². The maximum absolute atomic E-state index is 12.5. The summed E-state index contributed by atoms with van der Waals surface area (Å²) in [6.45, 7) is 4.21. The minimum atomic E-state index is -0.376. The summed E-state index contributed by atoms with van der Waals surface area (Å²) in [5.41, 5.74) is 0.859. The molecular weight excluding hydrogens is 452 g/mol. The van der Waals surface area contributed by atoms with Crippen molar-refractivity contribution in [2.24, 2.45) is 0 Å². The van der Waals surface area contributed by atoms with Gasteiger partial charge in [-0.05, 0) is 49.6 Å². The van der Waals surface area contributed by atoms with Gasteiger partial charge in [-0.1, -0.05) is 17.7 Å². The van der Waals surface area contributed by atoms with E-state index in [4.69, 9.17) is 25.8 Å². The lowest BCUT2D eigenvalue weighted by molar-refractivity contribution is -0.118. The minimum Gasteiger partial charge on any atom is -0.492 e. The van der Waals surface area contributed by atoms with Crippen LogP contribution in [0.25, 0.3) is 0 Å². The van der Waals surface area contributed by atoms with Crippen LogP contribution in [0.3, 0.4) is 0 Å². The number of nitrogens with one attached hydrogen (secondary N) is 2. The van der Waals surface area contributed by atoms with Crippen molar-refractivity contribution in [2.45, 2.75) is 13.8 Å². The molecule has 2 amide bonds. The van der Waals surface area contributed by atoms with E-state index in [-0.39, 0.29) is 18.4 Å². The monoisotopic (exact) mass is 474 g/mol. The van der Waals surface area contributed by atoms with Crippen molar-refractivity contribution in [2.75, 3.05) is 30.5 Å². The molecule has 168 valence electrons. The third kappa shape index (κ3) is 6.38. The van der Waals surface area contributed by atoms with E-state index in [1.165, 1.54) is 11.3 Å². The number of carbonyl (C=O) groups is 2. The topological polar surface area (TPSA) is 85.9 Å². The molecule has 2 N–H and O–H groups in total. The van der Waals surface area contributed by atoms with Crippen LogP contribution in [0, 0.1) is 0 Å². The first-order valence-electron chi connectivity index (χ1n) is 9.96. The number of hydrogen-bond acceptors (Lipinski definition) is 6. The van der Waals surface area contributed by atoms with E-state index < -0.39 is 0 Å². The molecule has 0 radical (unpaired) electrons. The van der Waals surface area contributed by atoms with Crippen LogP contribution in [0.4, 0.5) is 11.4 Å². The molecule has 9 heteroatoms. The average molecular weight is 475 g/mol. The van der Waals surface area contributed by atoms with Crippen LogP contribution in [0.2, 0.25) is 5.02 Å². The third-order valence-electron chi connectivity index (χ3n) is 4.13. The second kappa shape index (κ2) is 11.4. The van der Waals surface area contributed by atoms with Crippen LogP contribution in [0.5, 0.6) is 17.2 Å². The molecule has 1 aromatic heterocycles. The van der Waals surface area contributed by atoms with E-state index in [2.05, 4.69) is 10.6 Å². The zero-order chi connectivity index (χ0) is 22.9. The average Bonchev–Trinajstić information content (AvgIpc) is 3.31. The van der Waals surface area contributed by atoms with Crippen molar-refractivity contribution in [1.82, 2.24) is 0 Å². The van der Waals surface area contributed by atoms with Gasteiger partial charge in [0.2, 0.25) is 0 Å². The van der Waals surface area contributed by atoms with Gasteiger partial charge in [-0.3, -0.25) is 9.59 Å². The first-order chi connectivity index (χ1) is 15.5. The summed E-state index contributed by atoms with van der Waals surface area (Å²) in [5.74, 6) is 0.707. The number of ether oxygens (including phenoxy) is 3. The molecule has 0 aliphatic carbocycles. The molecule has 0 unspecified atom stereocenters. The number of benzene rings is 2. The van der Waals surface area contributed by atoms with Crippen molar-refractivity contribution in [3.05, 3.63) is 63.8 Å². The summed E-state index contributed by atoms with van der Waals surface area (Å²) >= 11 is 7.19. The van der Waals surface area contributed by atoms with Gasteiger partial charge in [0.25, 0.3) is 11.8 Å². The first kappa shape index (κ1) is 23.4. The Morgan fingerprint density at radius 3 is 2.09 bits per heavy atom. The van der Waals surface area contributed by atoms with Crippen molar-refractivity contribution < 1.29 is 23.8 Å². The predicted molar refractivity (Wildman–Crippen MR) is 127 cm³/mol. The Balaban J connectivity index is 1.77. The SMILES string of the molecule is CCOc1cc(NC(=O)c2cccs2)c(OCC)cc1NC(=O)COc1ccc(Cl)cc1. The van der Waals surface area contributed by atoms with Crippen molar-refractivity contribution in [3.63, 3.8) is 0 Å². The summed E-state index contributed by atoms with van der Waals surface area (Å²) in [7, 11) is 0. The van der Waals surface area contributed by atoms with E-state index >= 15 is 0 Å². The zero-order valence-corrected chi connectivity index (χ0v) is 19.2. The molecule has 1 heterocycles. The molecule has 2 aromatic carbocycles. The summed E-state index contributed by atoms with van der Waals surface area (Å²) in [6, 6.07) is 13.5. The van der Waals surface area contributed by atoms with Crippen LogP contribution >= 0.6 is 22.9 Å². The first-order valence-corrected chi connectivity index (χ1v) is 11.2. The van der Waals surface area contributed by atoms with Gasteiger partial charge in [0, 0.05) is 17.2 Å². The lowest BCUT2D eigenvalue weighted by Gasteiger charge is -2.17. The number of thiophene rings is 1. The molecule has 0 bridgehead atoms. The fraction of sp³-hybridized carbons (Fsp3) is 0.217. The minimum absolute atomic E-state index is 0.200. The van der Waals surface area contributed by atoms with Crippen molar-refractivity contribution >= 4 is 46.1 Å². The number of carbonyl (C=O) groups excluding carboxylic acids is 2. The number of amides is 2. The predicted octanol–water partition coefficient (Wildman–Crippen LogP) is 5.47. The van der Waals surface area contributed by atoms with Gasteiger partial charge >= 0.3 is 0 Å². The fourth-order valence-corrected chi connectivity index (χ4v) is 3.51. The molecule has 0 spiro atoms. The Hall–Kier alpha value is -3.23. The molecule has 0 atom stereocenters. The fourth-order valence-electron chi connectivity index (χ4n) is 2.76. The summed E-state index contributed by atoms with van der Waals surface area (Å²) in [5, 5.41) is 8.03. The molecule has 32 heavy (non-hydrogen) atoms. The Morgan fingerprint density at radius 2 is 1.53 bits per heavy atom. The maximum Gasteiger partial charge on any atom is 0.265 e. The second-order valence-electron chi connectivity index (χ2n) is 6.43. The standard InChI is InChI=1S/C23H23ClN2O5S/c1-3-29-19-13-18(26-23(28)21-6-5-11-32-21)20(30-4-2)12-17(19)25-22(27)14-31-16-9-7-15(24)8-10-16/h5-13H,3-4,14H2,1-2H3,(H,25,27)(H,26,28). The number of anilines is 2. The molecule has 0 saturated carbocycles. The summed E-state index contributed by atoms with van der Waals surface area (Å²) in [4.78, 5) is 25.6. The van der Waals surface area contributed by atoms with Crippen LogP contribution in [0.1, 0.15) is 23.5 Å². The molecular formula is C23H23ClN2O5S. The van der Waals surface area contributed by atoms with E-state index in [0.717, 1.165) is 0 Å². The third-order valence-corrected chi connectivity index (χ3v) is 5.25. The zero-order valence-electron chi connectivity index (χ0n) is 17.6. The number of halogens is 1. The Labute approximate surface area is 195 Å². The Bertz CT molecular complexity index is 1060. The highest BCUT2D eigenvalue weighted by Crippen LogP contribution is 2.37. The molecule has 3 rings (SSSR count). The molecule has 0 aliphatic heterocycles. The number of hydrogen-bond donors (Lipinski definition) is 2. The van der Waals surface area contributed by atoms with Crippen LogP contribution in [0.15, 0.2) is 53.9 Å². The summed E-state index contributed by atoms with van der Waals surface area (Å²) < 4.78 is 16.9. The largest absolute Gasteiger partial charge is 0.492 e. The Morgan fingerprint density at radius 1 is 0.906 bits per heavy atom.